The van der Waals surface area contributed by atoms with Crippen molar-refractivity contribution in [3.05, 3.63) is 35.2 Å². The third kappa shape index (κ3) is 5.40. The molecule has 0 atom stereocenters. The molecule has 0 saturated heterocycles. The van der Waals surface area contributed by atoms with Crippen molar-refractivity contribution in [2.24, 2.45) is 5.10 Å². The van der Waals surface area contributed by atoms with E-state index in [9.17, 15) is 4.79 Å². The van der Waals surface area contributed by atoms with Crippen LogP contribution in [0.5, 0.6) is 11.5 Å². The van der Waals surface area contributed by atoms with Gasteiger partial charge in [0.15, 0.2) is 5.69 Å². The second-order valence-corrected chi connectivity index (χ2v) is 8.28. The Bertz CT molecular complexity index is 1180. The van der Waals surface area contributed by atoms with Crippen LogP contribution in [-0.4, -0.2) is 69.6 Å². The van der Waals surface area contributed by atoms with Gasteiger partial charge in [0, 0.05) is 18.2 Å². The molecule has 1 aliphatic rings. The van der Waals surface area contributed by atoms with Gasteiger partial charge in [0.05, 0.1) is 26.1 Å². The third-order valence-electron chi connectivity index (χ3n) is 6.08. The predicted octanol–water partition coefficient (Wildman–Crippen LogP) is 1.78. The Morgan fingerprint density at radius 3 is 2.77 bits per heavy atom. The van der Waals surface area contributed by atoms with Gasteiger partial charge in [-0.2, -0.15) is 9.78 Å². The molecule has 1 saturated carbocycles. The van der Waals surface area contributed by atoms with Crippen molar-refractivity contribution < 1.29 is 18.9 Å². The Morgan fingerprint density at radius 2 is 2.09 bits per heavy atom. The number of nitrogens with one attached hydrogen (secondary N) is 1. The maximum absolute atomic E-state index is 13.1. The standard InChI is InChI=1S/C22H29N9O4/c1-30(15-7-5-4-6-8-15)13-17-19(25-29-31(17)21-20(23)27-35-28-21)22(32)26-24-12-14-11-16(33-2)9-10-18(14)34-3/h9-12,15H,4-8,13H2,1-3H3,(H2,23,27)(H,26,32)/b24-12+. The number of nitrogens with zero attached hydrogens (tertiary/aromatic N) is 7. The van der Waals surface area contributed by atoms with E-state index in [-0.39, 0.29) is 17.3 Å². The highest BCUT2D eigenvalue weighted by molar-refractivity contribution is 5.94. The molecule has 0 bridgehead atoms. The van der Waals surface area contributed by atoms with E-state index in [1.54, 1.807) is 32.4 Å². The van der Waals surface area contributed by atoms with E-state index < -0.39 is 5.91 Å². The normalized spacial score (nSPS) is 14.5. The second-order valence-electron chi connectivity index (χ2n) is 8.28. The number of ether oxygens (including phenoxy) is 2. The van der Waals surface area contributed by atoms with Crippen LogP contribution >= 0.6 is 0 Å². The van der Waals surface area contributed by atoms with Gasteiger partial charge in [-0.15, -0.1) is 5.10 Å². The number of hydrazone groups is 1. The Morgan fingerprint density at radius 1 is 1.29 bits per heavy atom. The molecule has 1 aromatic carbocycles. The number of carbonyl (C=O) groups excluding carboxylic acids is 1. The number of nitrogens with two attached hydrogens (primary N) is 1. The highest BCUT2D eigenvalue weighted by Gasteiger charge is 2.27. The van der Waals surface area contributed by atoms with Gasteiger partial charge in [0.25, 0.3) is 5.91 Å². The molecule has 13 nitrogen and oxygen atoms in total. The lowest BCUT2D eigenvalue weighted by molar-refractivity contribution is 0.0947. The zero-order valence-electron chi connectivity index (χ0n) is 20.0. The Kier molecular flexibility index (Phi) is 7.55. The maximum Gasteiger partial charge on any atom is 0.293 e. The van der Waals surface area contributed by atoms with Crippen molar-refractivity contribution in [3.8, 4) is 17.3 Å². The Balaban J connectivity index is 1.57. The molecule has 0 aliphatic heterocycles. The molecule has 0 radical (unpaired) electrons. The highest BCUT2D eigenvalue weighted by Crippen LogP contribution is 2.25. The fourth-order valence-corrected chi connectivity index (χ4v) is 4.17. The molecule has 1 amide bonds. The number of carbonyl (C=O) groups is 1. The van der Waals surface area contributed by atoms with E-state index in [0.717, 1.165) is 12.8 Å². The van der Waals surface area contributed by atoms with E-state index in [2.05, 4.69) is 36.1 Å². The lowest BCUT2D eigenvalue weighted by atomic mass is 9.94. The minimum atomic E-state index is -0.531. The summed E-state index contributed by atoms with van der Waals surface area (Å²) in [6.45, 7) is 0.403. The zero-order chi connectivity index (χ0) is 24.8. The molecule has 2 aromatic heterocycles. The topological polar surface area (TPSA) is 159 Å². The molecule has 186 valence electrons. The summed E-state index contributed by atoms with van der Waals surface area (Å²) in [6, 6.07) is 5.67. The monoisotopic (exact) mass is 483 g/mol. The van der Waals surface area contributed by atoms with Crippen molar-refractivity contribution in [1.29, 1.82) is 0 Å². The molecule has 3 N–H and O–H groups in total. The smallest absolute Gasteiger partial charge is 0.293 e. The molecule has 4 rings (SSSR count). The van der Waals surface area contributed by atoms with Gasteiger partial charge < -0.3 is 15.2 Å². The first-order valence-corrected chi connectivity index (χ1v) is 11.3. The van der Waals surface area contributed by atoms with Gasteiger partial charge in [0.2, 0.25) is 11.6 Å². The van der Waals surface area contributed by atoms with Crippen LogP contribution in [0.2, 0.25) is 0 Å². The Hall–Kier alpha value is -4.00. The van der Waals surface area contributed by atoms with Crippen LogP contribution in [0.4, 0.5) is 5.82 Å². The van der Waals surface area contributed by atoms with Gasteiger partial charge in [-0.1, -0.05) is 24.5 Å². The zero-order valence-corrected chi connectivity index (χ0v) is 20.0. The van der Waals surface area contributed by atoms with Crippen molar-refractivity contribution in [3.63, 3.8) is 0 Å². The first-order chi connectivity index (χ1) is 17.0. The first kappa shape index (κ1) is 24.1. The molecule has 35 heavy (non-hydrogen) atoms. The van der Waals surface area contributed by atoms with E-state index >= 15 is 0 Å². The van der Waals surface area contributed by atoms with Gasteiger partial charge in [-0.25, -0.2) is 10.1 Å². The van der Waals surface area contributed by atoms with E-state index in [0.29, 0.717) is 35.3 Å². The van der Waals surface area contributed by atoms with Crippen molar-refractivity contribution >= 4 is 17.9 Å². The van der Waals surface area contributed by atoms with Crippen LogP contribution in [0.3, 0.4) is 0 Å². The molecule has 13 heteroatoms. The summed E-state index contributed by atoms with van der Waals surface area (Å²) < 4.78 is 16.7. The lowest BCUT2D eigenvalue weighted by Gasteiger charge is -2.31. The van der Waals surface area contributed by atoms with Gasteiger partial charge in [-0.05, 0) is 48.4 Å². The maximum atomic E-state index is 13.1. The predicted molar refractivity (Wildman–Crippen MR) is 127 cm³/mol. The second kappa shape index (κ2) is 11.0. The quantitative estimate of drug-likeness (QED) is 0.339. The van der Waals surface area contributed by atoms with Crippen LogP contribution in [0.1, 0.15) is 53.8 Å². The van der Waals surface area contributed by atoms with E-state index in [4.69, 9.17) is 19.8 Å². The van der Waals surface area contributed by atoms with Crippen LogP contribution < -0.4 is 20.6 Å². The van der Waals surface area contributed by atoms with E-state index in [1.165, 1.54) is 30.2 Å². The summed E-state index contributed by atoms with van der Waals surface area (Å²) in [5.74, 6) is 0.906. The largest absolute Gasteiger partial charge is 0.497 e. The molecule has 2 heterocycles. The lowest BCUT2D eigenvalue weighted by Crippen LogP contribution is -2.34. The van der Waals surface area contributed by atoms with Gasteiger partial charge in [-0.3, -0.25) is 9.69 Å². The first-order valence-electron chi connectivity index (χ1n) is 11.3. The summed E-state index contributed by atoms with van der Waals surface area (Å²) in [7, 11) is 5.14. The molecule has 1 aliphatic carbocycles. The average molecular weight is 484 g/mol. The van der Waals surface area contributed by atoms with Crippen molar-refractivity contribution in [2.75, 3.05) is 27.0 Å². The molecule has 0 spiro atoms. The minimum absolute atomic E-state index is 0.0477. The van der Waals surface area contributed by atoms with E-state index in [1.807, 2.05) is 7.05 Å². The summed E-state index contributed by atoms with van der Waals surface area (Å²) in [4.78, 5) is 15.2. The number of benzene rings is 1. The summed E-state index contributed by atoms with van der Waals surface area (Å²) in [6.07, 6.45) is 7.27. The number of hydrogen-bond acceptors (Lipinski definition) is 11. The van der Waals surface area contributed by atoms with Crippen LogP contribution in [0.15, 0.2) is 27.9 Å². The van der Waals surface area contributed by atoms with Gasteiger partial charge >= 0.3 is 0 Å². The highest BCUT2D eigenvalue weighted by atomic mass is 16.6. The number of amides is 1. The molecular formula is C22H29N9O4. The summed E-state index contributed by atoms with van der Waals surface area (Å²) in [5, 5.41) is 19.7. The number of anilines is 1. The number of methoxy groups -OCH3 is 2. The van der Waals surface area contributed by atoms with Crippen molar-refractivity contribution in [2.45, 2.75) is 44.7 Å². The van der Waals surface area contributed by atoms with Gasteiger partial charge in [0.1, 0.15) is 11.5 Å². The molecule has 3 aromatic rings. The third-order valence-corrected chi connectivity index (χ3v) is 6.08. The number of nitrogen functional groups attached to an aromatic ring is 1. The summed E-state index contributed by atoms with van der Waals surface area (Å²) in [5.41, 5.74) is 9.63. The average Bonchev–Trinajstić information content (AvgIpc) is 3.49. The van der Waals surface area contributed by atoms with Crippen LogP contribution in [0, 0.1) is 0 Å². The molecule has 0 unspecified atom stereocenters. The molecular weight excluding hydrogens is 454 g/mol. The minimum Gasteiger partial charge on any atom is -0.497 e. The van der Waals surface area contributed by atoms with Crippen molar-refractivity contribution in [1.82, 2.24) is 35.6 Å². The molecule has 1 fully saturated rings. The van der Waals surface area contributed by atoms with Crippen LogP contribution in [0.25, 0.3) is 5.82 Å². The summed E-state index contributed by atoms with van der Waals surface area (Å²) >= 11 is 0. The Labute approximate surface area is 202 Å². The fourth-order valence-electron chi connectivity index (χ4n) is 4.17. The number of aromatic nitrogens is 5. The number of hydrogen-bond donors (Lipinski definition) is 2. The number of rotatable bonds is 9. The SMILES string of the molecule is COc1ccc(OC)c(/C=N/NC(=O)c2nnn(-c3nonc3N)c2CN(C)C2CCCCC2)c1. The van der Waals surface area contributed by atoms with Crippen LogP contribution in [-0.2, 0) is 6.54 Å². The fraction of sp³-hybridized carbons (Fsp3) is 0.455.